The predicted molar refractivity (Wildman–Crippen MR) is 132 cm³/mol. The van der Waals surface area contributed by atoms with Crippen LogP contribution in [0.3, 0.4) is 0 Å². The van der Waals surface area contributed by atoms with Crippen LogP contribution in [0.2, 0.25) is 0 Å². The molecule has 7 heteroatoms. The van der Waals surface area contributed by atoms with Crippen molar-refractivity contribution in [3.63, 3.8) is 0 Å². The second-order valence-corrected chi connectivity index (χ2v) is 9.06. The van der Waals surface area contributed by atoms with Gasteiger partial charge in [0, 0.05) is 17.4 Å². The van der Waals surface area contributed by atoms with Gasteiger partial charge in [-0.2, -0.15) is 0 Å². The van der Waals surface area contributed by atoms with Crippen molar-refractivity contribution in [2.75, 3.05) is 4.90 Å². The van der Waals surface area contributed by atoms with Gasteiger partial charge < -0.3 is 5.11 Å². The van der Waals surface area contributed by atoms with Crippen LogP contribution in [0.5, 0.6) is 0 Å². The van der Waals surface area contributed by atoms with Crippen molar-refractivity contribution in [3.8, 4) is 10.6 Å². The van der Waals surface area contributed by atoms with Crippen LogP contribution in [-0.2, 0) is 4.79 Å². The number of hydrogen-bond donors (Lipinski definition) is 1. The largest absolute Gasteiger partial charge is 0.503 e. The molecule has 0 bridgehead atoms. The Balaban J connectivity index is 1.62. The van der Waals surface area contributed by atoms with Crippen molar-refractivity contribution in [2.45, 2.75) is 19.9 Å². The van der Waals surface area contributed by atoms with Crippen LogP contribution in [0.25, 0.3) is 10.6 Å². The number of hydrogen-bond acceptors (Lipinski definition) is 6. The van der Waals surface area contributed by atoms with Gasteiger partial charge in [0.15, 0.2) is 5.76 Å². The van der Waals surface area contributed by atoms with Crippen molar-refractivity contribution < 1.29 is 14.7 Å². The molecule has 0 radical (unpaired) electrons. The molecule has 1 aliphatic rings. The molecule has 0 saturated carbocycles. The number of Topliss-reactive ketones (excluding diaryl/α,β-unsaturated/α-hetero) is 1. The Bertz CT molecular complexity index is 1410. The quantitative estimate of drug-likeness (QED) is 0.386. The van der Waals surface area contributed by atoms with Crippen molar-refractivity contribution in [1.82, 2.24) is 9.97 Å². The SMILES string of the molecule is Cc1ccc(N2C(=O)C(O)=C(C(=O)c3sc(-c4ccccc4)nc3C)C2c2ccccn2)cc1. The number of aromatic nitrogens is 2. The molecule has 1 N–H and O–H groups in total. The van der Waals surface area contributed by atoms with Crippen molar-refractivity contribution in [3.05, 3.63) is 112 Å². The van der Waals surface area contributed by atoms with Crippen molar-refractivity contribution >= 4 is 28.7 Å². The molecule has 1 unspecified atom stereocenters. The summed E-state index contributed by atoms with van der Waals surface area (Å²) in [6.45, 7) is 3.71. The summed E-state index contributed by atoms with van der Waals surface area (Å²) in [6, 6.07) is 21.4. The second kappa shape index (κ2) is 8.68. The Morgan fingerprint density at radius 1 is 0.971 bits per heavy atom. The van der Waals surface area contributed by atoms with Gasteiger partial charge in [0.05, 0.1) is 21.8 Å². The number of pyridine rings is 1. The minimum Gasteiger partial charge on any atom is -0.503 e. The van der Waals surface area contributed by atoms with Gasteiger partial charge in [-0.3, -0.25) is 19.5 Å². The number of nitrogens with zero attached hydrogens (tertiary/aromatic N) is 3. The minimum atomic E-state index is -0.856. The van der Waals surface area contributed by atoms with Gasteiger partial charge in [-0.05, 0) is 38.1 Å². The van der Waals surface area contributed by atoms with Gasteiger partial charge in [-0.1, -0.05) is 54.1 Å². The highest BCUT2D eigenvalue weighted by Crippen LogP contribution is 2.42. The number of anilines is 1. The highest BCUT2D eigenvalue weighted by molar-refractivity contribution is 7.17. The Labute approximate surface area is 200 Å². The lowest BCUT2D eigenvalue weighted by Crippen LogP contribution is -2.31. The smallest absolute Gasteiger partial charge is 0.294 e. The number of carbonyl (C=O) groups excluding carboxylic acids is 2. The Hall–Kier alpha value is -4.10. The van der Waals surface area contributed by atoms with E-state index in [1.54, 1.807) is 43.5 Å². The number of aliphatic hydroxyl groups is 1. The Kier molecular flexibility index (Phi) is 5.55. The van der Waals surface area contributed by atoms with E-state index in [2.05, 4.69) is 9.97 Å². The van der Waals surface area contributed by atoms with E-state index in [9.17, 15) is 14.7 Å². The number of carbonyl (C=O) groups is 2. The van der Waals surface area contributed by atoms with Crippen LogP contribution in [0.4, 0.5) is 5.69 Å². The van der Waals surface area contributed by atoms with Crippen LogP contribution in [0.1, 0.15) is 32.7 Å². The highest BCUT2D eigenvalue weighted by atomic mass is 32.1. The summed E-state index contributed by atoms with van der Waals surface area (Å²) in [7, 11) is 0. The zero-order valence-electron chi connectivity index (χ0n) is 18.6. The van der Waals surface area contributed by atoms with Crippen LogP contribution < -0.4 is 4.90 Å². The number of aryl methyl sites for hydroxylation is 2. The second-order valence-electron chi connectivity index (χ2n) is 8.06. The van der Waals surface area contributed by atoms with E-state index in [1.165, 1.54) is 16.2 Å². The molecule has 5 rings (SSSR count). The predicted octanol–water partition coefficient (Wildman–Crippen LogP) is 5.60. The fourth-order valence-corrected chi connectivity index (χ4v) is 5.09. The molecule has 0 aliphatic carbocycles. The van der Waals surface area contributed by atoms with E-state index in [4.69, 9.17) is 0 Å². The van der Waals surface area contributed by atoms with E-state index in [0.717, 1.165) is 11.1 Å². The number of rotatable bonds is 5. The average molecular weight is 468 g/mol. The van der Waals surface area contributed by atoms with Gasteiger partial charge >= 0.3 is 0 Å². The molecule has 0 spiro atoms. The number of thiazole rings is 1. The number of ketones is 1. The van der Waals surface area contributed by atoms with E-state index in [1.807, 2.05) is 49.4 Å². The third-order valence-corrected chi connectivity index (χ3v) is 6.96. The van der Waals surface area contributed by atoms with Gasteiger partial charge in [0.2, 0.25) is 5.78 Å². The molecule has 2 aromatic heterocycles. The number of amides is 1. The molecular weight excluding hydrogens is 446 g/mol. The lowest BCUT2D eigenvalue weighted by molar-refractivity contribution is -0.117. The van der Waals surface area contributed by atoms with Crippen molar-refractivity contribution in [1.29, 1.82) is 0 Å². The van der Waals surface area contributed by atoms with Gasteiger partial charge in [-0.15, -0.1) is 11.3 Å². The number of benzene rings is 2. The van der Waals surface area contributed by atoms with E-state index >= 15 is 0 Å². The topological polar surface area (TPSA) is 83.4 Å². The zero-order chi connectivity index (χ0) is 23.8. The van der Waals surface area contributed by atoms with E-state index < -0.39 is 23.5 Å². The normalized spacial score (nSPS) is 15.8. The fraction of sp³-hybridized carbons (Fsp3) is 0.111. The fourth-order valence-electron chi connectivity index (χ4n) is 4.06. The maximum atomic E-state index is 13.8. The van der Waals surface area contributed by atoms with Gasteiger partial charge in [0.1, 0.15) is 11.0 Å². The lowest BCUT2D eigenvalue weighted by atomic mass is 9.98. The highest BCUT2D eigenvalue weighted by Gasteiger charge is 2.46. The third-order valence-electron chi connectivity index (χ3n) is 5.76. The summed E-state index contributed by atoms with van der Waals surface area (Å²) in [5.41, 5.74) is 3.57. The first kappa shape index (κ1) is 21.7. The maximum absolute atomic E-state index is 13.8. The molecule has 3 heterocycles. The molecule has 1 aliphatic heterocycles. The van der Waals surface area contributed by atoms with E-state index in [-0.39, 0.29) is 5.57 Å². The number of aliphatic hydroxyl groups excluding tert-OH is 1. The molecule has 1 atom stereocenters. The van der Waals surface area contributed by atoms with E-state index in [0.29, 0.717) is 27.0 Å². The first-order valence-electron chi connectivity index (χ1n) is 10.8. The summed E-state index contributed by atoms with van der Waals surface area (Å²) in [5, 5.41) is 11.7. The molecule has 6 nitrogen and oxygen atoms in total. The van der Waals surface area contributed by atoms with Crippen molar-refractivity contribution in [2.24, 2.45) is 0 Å². The van der Waals surface area contributed by atoms with Crippen LogP contribution in [0.15, 0.2) is 90.3 Å². The zero-order valence-corrected chi connectivity index (χ0v) is 19.4. The van der Waals surface area contributed by atoms with Crippen LogP contribution >= 0.6 is 11.3 Å². The maximum Gasteiger partial charge on any atom is 0.294 e. The molecule has 34 heavy (non-hydrogen) atoms. The van der Waals surface area contributed by atoms with Gasteiger partial charge in [0.25, 0.3) is 5.91 Å². The summed E-state index contributed by atoms with van der Waals surface area (Å²) >= 11 is 1.25. The summed E-state index contributed by atoms with van der Waals surface area (Å²) in [4.78, 5) is 37.9. The molecule has 0 saturated heterocycles. The third kappa shape index (κ3) is 3.70. The molecule has 4 aromatic rings. The molecule has 168 valence electrons. The Morgan fingerprint density at radius 2 is 1.68 bits per heavy atom. The first-order valence-corrected chi connectivity index (χ1v) is 11.6. The standard InChI is InChI=1S/C27H21N3O3S/c1-16-11-13-19(14-12-16)30-22(20-10-6-7-15-28-20)21(24(32)27(30)33)23(31)25-17(2)29-26(34-25)18-8-4-3-5-9-18/h3-15,22,32H,1-2H3. The minimum absolute atomic E-state index is 0.00985. The monoisotopic (exact) mass is 467 g/mol. The first-order chi connectivity index (χ1) is 16.5. The van der Waals surface area contributed by atoms with Gasteiger partial charge in [-0.25, -0.2) is 4.98 Å². The van der Waals surface area contributed by atoms with Crippen LogP contribution in [-0.4, -0.2) is 26.8 Å². The lowest BCUT2D eigenvalue weighted by Gasteiger charge is -2.26. The molecular formula is C27H21N3O3S. The Morgan fingerprint density at radius 3 is 2.35 bits per heavy atom. The summed E-state index contributed by atoms with van der Waals surface area (Å²) in [6.07, 6.45) is 1.61. The molecule has 2 aromatic carbocycles. The molecule has 0 fully saturated rings. The summed E-state index contributed by atoms with van der Waals surface area (Å²) < 4.78 is 0. The van der Waals surface area contributed by atoms with Crippen LogP contribution in [0, 0.1) is 13.8 Å². The molecule has 1 amide bonds. The average Bonchev–Trinajstić information content (AvgIpc) is 3.38. The summed E-state index contributed by atoms with van der Waals surface area (Å²) in [5.74, 6) is -1.61.